The van der Waals surface area contributed by atoms with Crippen molar-refractivity contribution in [2.24, 2.45) is 0 Å². The van der Waals surface area contributed by atoms with Crippen LogP contribution < -0.4 is 4.90 Å². The molecule has 0 saturated heterocycles. The monoisotopic (exact) mass is 317 g/mol. The molecule has 0 aromatic heterocycles. The van der Waals surface area contributed by atoms with Gasteiger partial charge in [0.2, 0.25) is 0 Å². The largest absolute Gasteiger partial charge is 0.316 e. The fraction of sp³-hybridized carbons (Fsp3) is 0.333. The van der Waals surface area contributed by atoms with Crippen LogP contribution in [0.5, 0.6) is 0 Å². The van der Waals surface area contributed by atoms with Gasteiger partial charge >= 0.3 is 6.43 Å². The minimum Gasteiger partial charge on any atom is -0.296 e. The first-order valence-corrected chi connectivity index (χ1v) is 6.46. The number of amides is 1. The van der Waals surface area contributed by atoms with Gasteiger partial charge in [-0.3, -0.25) is 14.5 Å². The molecule has 0 spiro atoms. The minimum atomic E-state index is -3.11. The molecule has 2 rings (SSSR count). The molecule has 0 fully saturated rings. The van der Waals surface area contributed by atoms with E-state index in [1.165, 1.54) is 0 Å². The highest BCUT2D eigenvalue weighted by molar-refractivity contribution is 9.09. The summed E-state index contributed by atoms with van der Waals surface area (Å²) in [4.78, 5) is 24.2. The van der Waals surface area contributed by atoms with Gasteiger partial charge in [0.05, 0.1) is 5.33 Å². The molecule has 1 aromatic rings. The van der Waals surface area contributed by atoms with E-state index in [4.69, 9.17) is 0 Å². The Hall–Kier alpha value is -1.30. The Morgan fingerprint density at radius 1 is 1.39 bits per heavy atom. The smallest absolute Gasteiger partial charge is 0.296 e. The number of hydrogen-bond acceptors (Lipinski definition) is 2. The summed E-state index contributed by atoms with van der Waals surface area (Å²) in [5.74, 6) is -1.60. The Bertz CT molecular complexity index is 493. The first kappa shape index (κ1) is 13.1. The first-order chi connectivity index (χ1) is 8.56. The number of carbonyl (C=O) groups is 2. The number of halogens is 3. The molecule has 0 N–H and O–H groups in total. The van der Waals surface area contributed by atoms with Crippen LogP contribution in [0.2, 0.25) is 0 Å². The van der Waals surface area contributed by atoms with Crippen LogP contribution in [0.4, 0.5) is 14.5 Å². The summed E-state index contributed by atoms with van der Waals surface area (Å²) in [7, 11) is 0. The highest BCUT2D eigenvalue weighted by Gasteiger charge is 2.40. The SMILES string of the molecule is O=C(CBr)C1Cc2ccccc2N1C(=O)C(F)F. The Balaban J connectivity index is 2.42. The number of carbonyl (C=O) groups excluding carboxylic acids is 2. The van der Waals surface area contributed by atoms with E-state index in [1.54, 1.807) is 24.3 Å². The van der Waals surface area contributed by atoms with Gasteiger partial charge in [0.1, 0.15) is 6.04 Å². The third-order valence-corrected chi connectivity index (χ3v) is 3.46. The summed E-state index contributed by atoms with van der Waals surface area (Å²) >= 11 is 3.01. The van der Waals surface area contributed by atoms with Gasteiger partial charge in [0.25, 0.3) is 5.91 Å². The molecule has 0 aliphatic carbocycles. The minimum absolute atomic E-state index is 0.0404. The predicted octanol–water partition coefficient (Wildman–Crippen LogP) is 2.17. The van der Waals surface area contributed by atoms with Gasteiger partial charge in [0.15, 0.2) is 5.78 Å². The highest BCUT2D eigenvalue weighted by Crippen LogP contribution is 2.33. The van der Waals surface area contributed by atoms with Crippen LogP contribution in [0, 0.1) is 0 Å². The average Bonchev–Trinajstić information content (AvgIpc) is 2.75. The third-order valence-electron chi connectivity index (χ3n) is 2.90. The lowest BCUT2D eigenvalue weighted by atomic mass is 10.1. The molecule has 1 aliphatic heterocycles. The van der Waals surface area contributed by atoms with E-state index in [0.29, 0.717) is 12.1 Å². The van der Waals surface area contributed by atoms with Crippen molar-refractivity contribution in [2.45, 2.75) is 18.9 Å². The molecule has 0 bridgehead atoms. The number of para-hydroxylation sites is 1. The van der Waals surface area contributed by atoms with Crippen LogP contribution in [0.1, 0.15) is 5.56 Å². The fourth-order valence-electron chi connectivity index (χ4n) is 2.11. The van der Waals surface area contributed by atoms with E-state index in [9.17, 15) is 18.4 Å². The van der Waals surface area contributed by atoms with Crippen LogP contribution in [0.15, 0.2) is 24.3 Å². The molecule has 3 nitrogen and oxygen atoms in total. The van der Waals surface area contributed by atoms with Gasteiger partial charge in [-0.2, -0.15) is 8.78 Å². The maximum Gasteiger partial charge on any atom is 0.316 e. The zero-order chi connectivity index (χ0) is 13.3. The number of nitrogens with zero attached hydrogens (tertiary/aromatic N) is 1. The number of Topliss-reactive ketones (excluding diaryl/α,β-unsaturated/α-hetero) is 1. The van der Waals surface area contributed by atoms with Crippen LogP contribution in [0.25, 0.3) is 0 Å². The van der Waals surface area contributed by atoms with E-state index in [1.807, 2.05) is 0 Å². The molecule has 6 heteroatoms. The van der Waals surface area contributed by atoms with E-state index in [2.05, 4.69) is 15.9 Å². The molecule has 1 amide bonds. The van der Waals surface area contributed by atoms with E-state index < -0.39 is 18.4 Å². The Kier molecular flexibility index (Phi) is 3.75. The normalized spacial score (nSPS) is 18.0. The summed E-state index contributed by atoms with van der Waals surface area (Å²) in [5, 5.41) is 0.0404. The molecule has 1 heterocycles. The summed E-state index contributed by atoms with van der Waals surface area (Å²) in [6, 6.07) is 5.90. The van der Waals surface area contributed by atoms with Crippen molar-refractivity contribution in [1.29, 1.82) is 0 Å². The molecule has 96 valence electrons. The van der Waals surface area contributed by atoms with Crippen molar-refractivity contribution < 1.29 is 18.4 Å². The molecule has 1 atom stereocenters. The predicted molar refractivity (Wildman–Crippen MR) is 66.2 cm³/mol. The molecule has 18 heavy (non-hydrogen) atoms. The summed E-state index contributed by atoms with van der Waals surface area (Å²) in [6.07, 6.45) is -2.82. The van der Waals surface area contributed by atoms with Gasteiger partial charge in [-0.1, -0.05) is 34.1 Å². The number of alkyl halides is 3. The summed E-state index contributed by atoms with van der Waals surface area (Å²) < 4.78 is 25.2. The van der Waals surface area contributed by atoms with E-state index in [0.717, 1.165) is 10.5 Å². The van der Waals surface area contributed by atoms with Gasteiger partial charge in [-0.15, -0.1) is 0 Å². The number of anilines is 1. The number of rotatable bonds is 3. The maximum atomic E-state index is 12.6. The number of fused-ring (bicyclic) bond motifs is 1. The Morgan fingerprint density at radius 2 is 2.06 bits per heavy atom. The molecule has 0 saturated carbocycles. The van der Waals surface area contributed by atoms with E-state index in [-0.39, 0.29) is 11.1 Å². The second kappa shape index (κ2) is 5.14. The van der Waals surface area contributed by atoms with Crippen molar-refractivity contribution in [2.75, 3.05) is 10.2 Å². The molecular formula is C12H10BrF2NO2. The first-order valence-electron chi connectivity index (χ1n) is 5.34. The zero-order valence-electron chi connectivity index (χ0n) is 9.28. The van der Waals surface area contributed by atoms with Gasteiger partial charge in [-0.05, 0) is 11.6 Å². The second-order valence-corrected chi connectivity index (χ2v) is 4.52. The number of benzene rings is 1. The second-order valence-electron chi connectivity index (χ2n) is 3.96. The third kappa shape index (κ3) is 2.16. The molecular weight excluding hydrogens is 308 g/mol. The standard InChI is InChI=1S/C12H10BrF2NO2/c13-6-10(17)9-5-7-3-1-2-4-8(7)16(9)12(18)11(14)15/h1-4,9,11H,5-6H2. The number of hydrogen-bond donors (Lipinski definition) is 0. The van der Waals surface area contributed by atoms with Crippen molar-refractivity contribution in [3.8, 4) is 0 Å². The van der Waals surface area contributed by atoms with Crippen LogP contribution >= 0.6 is 15.9 Å². The Labute approximate surface area is 111 Å². The van der Waals surface area contributed by atoms with Crippen LogP contribution in [0.3, 0.4) is 0 Å². The van der Waals surface area contributed by atoms with Gasteiger partial charge < -0.3 is 0 Å². The lowest BCUT2D eigenvalue weighted by molar-refractivity contribution is -0.131. The topological polar surface area (TPSA) is 37.4 Å². The van der Waals surface area contributed by atoms with Crippen molar-refractivity contribution >= 4 is 33.3 Å². The van der Waals surface area contributed by atoms with Crippen LogP contribution in [-0.4, -0.2) is 29.5 Å². The van der Waals surface area contributed by atoms with Crippen molar-refractivity contribution in [3.05, 3.63) is 29.8 Å². The molecule has 1 aromatic carbocycles. The van der Waals surface area contributed by atoms with Crippen LogP contribution in [-0.2, 0) is 16.0 Å². The quantitative estimate of drug-likeness (QED) is 0.801. The summed E-state index contributed by atoms with van der Waals surface area (Å²) in [5.41, 5.74) is 1.15. The lowest BCUT2D eigenvalue weighted by Gasteiger charge is -2.23. The zero-order valence-corrected chi connectivity index (χ0v) is 10.9. The summed E-state index contributed by atoms with van der Waals surface area (Å²) in [6.45, 7) is 0. The molecule has 1 unspecified atom stereocenters. The lowest BCUT2D eigenvalue weighted by Crippen LogP contribution is -2.46. The highest BCUT2D eigenvalue weighted by atomic mass is 79.9. The molecule has 0 radical (unpaired) electrons. The van der Waals surface area contributed by atoms with E-state index >= 15 is 0 Å². The maximum absolute atomic E-state index is 12.6. The average molecular weight is 318 g/mol. The van der Waals surface area contributed by atoms with Gasteiger partial charge in [0, 0.05) is 12.1 Å². The number of ketones is 1. The fourth-order valence-corrected chi connectivity index (χ4v) is 2.48. The van der Waals surface area contributed by atoms with Crippen molar-refractivity contribution in [3.63, 3.8) is 0 Å². The Morgan fingerprint density at radius 3 is 2.67 bits per heavy atom. The molecule has 1 aliphatic rings. The van der Waals surface area contributed by atoms with Gasteiger partial charge in [-0.25, -0.2) is 0 Å². The van der Waals surface area contributed by atoms with Crippen molar-refractivity contribution in [1.82, 2.24) is 0 Å².